The number of fused-ring (bicyclic) bond motifs is 1. The van der Waals surface area contributed by atoms with Crippen LogP contribution in [0, 0.1) is 0 Å². The molecule has 0 aliphatic rings. The number of nitrogens with zero attached hydrogens (tertiary/aromatic N) is 4. The van der Waals surface area contributed by atoms with Gasteiger partial charge in [0.15, 0.2) is 0 Å². The average molecular weight is 349 g/mol. The molecule has 0 saturated carbocycles. The van der Waals surface area contributed by atoms with Crippen molar-refractivity contribution in [3.05, 3.63) is 66.4 Å². The Bertz CT molecular complexity index is 956. The zero-order valence-electron chi connectivity index (χ0n) is 14.2. The molecule has 0 atom stereocenters. The Labute approximate surface area is 150 Å². The smallest absolute Gasteiger partial charge is 0.214 e. The molecule has 2 aromatic carbocycles. The van der Waals surface area contributed by atoms with E-state index < -0.39 is 0 Å². The molecule has 0 spiro atoms. The van der Waals surface area contributed by atoms with E-state index in [2.05, 4.69) is 39.6 Å². The van der Waals surface area contributed by atoms with Crippen molar-refractivity contribution in [1.29, 1.82) is 0 Å². The van der Waals surface area contributed by atoms with Crippen molar-refractivity contribution in [2.45, 2.75) is 6.54 Å². The topological polar surface area (TPSA) is 45.5 Å². The van der Waals surface area contributed by atoms with Crippen LogP contribution in [0.15, 0.2) is 60.8 Å². The molecule has 0 saturated heterocycles. The van der Waals surface area contributed by atoms with Crippen LogP contribution in [0.2, 0.25) is 0 Å². The first-order valence-corrected chi connectivity index (χ1v) is 8.93. The van der Waals surface area contributed by atoms with E-state index in [9.17, 15) is 0 Å². The van der Waals surface area contributed by atoms with Gasteiger partial charge in [-0.2, -0.15) is 0 Å². The second kappa shape index (κ2) is 6.57. The zero-order valence-corrected chi connectivity index (χ0v) is 15.0. The zero-order chi connectivity index (χ0) is 17.2. The Morgan fingerprint density at radius 1 is 1.04 bits per heavy atom. The van der Waals surface area contributed by atoms with Crippen LogP contribution in [0.5, 0.6) is 0 Å². The van der Waals surface area contributed by atoms with Crippen molar-refractivity contribution in [2.24, 2.45) is 0 Å². The fourth-order valence-corrected chi connectivity index (χ4v) is 3.53. The lowest BCUT2D eigenvalue weighted by Crippen LogP contribution is -2.09. The summed E-state index contributed by atoms with van der Waals surface area (Å²) in [5.41, 5.74) is 4.44. The highest BCUT2D eigenvalue weighted by Gasteiger charge is 2.13. The number of hydrogen-bond donors (Lipinski definition) is 1. The van der Waals surface area contributed by atoms with Gasteiger partial charge in [0.1, 0.15) is 0 Å². The summed E-state index contributed by atoms with van der Waals surface area (Å²) in [6.45, 7) is 0.758. The highest BCUT2D eigenvalue weighted by Crippen LogP contribution is 2.30. The number of nitrogens with one attached hydrogen (secondary N) is 1. The van der Waals surface area contributed by atoms with Gasteiger partial charge in [0.2, 0.25) is 10.1 Å². The van der Waals surface area contributed by atoms with E-state index in [1.165, 1.54) is 5.56 Å². The van der Waals surface area contributed by atoms with Gasteiger partial charge in [-0.05, 0) is 11.6 Å². The second-order valence-corrected chi connectivity index (χ2v) is 6.97. The maximum atomic E-state index is 4.75. The highest BCUT2D eigenvalue weighted by atomic mass is 32.1. The predicted octanol–water partition coefficient (Wildman–Crippen LogP) is 4.14. The van der Waals surface area contributed by atoms with E-state index in [0.717, 1.165) is 33.6 Å². The first-order valence-electron chi connectivity index (χ1n) is 8.11. The van der Waals surface area contributed by atoms with Crippen molar-refractivity contribution in [3.8, 4) is 11.3 Å². The molecule has 0 radical (unpaired) electrons. The van der Waals surface area contributed by atoms with Gasteiger partial charge in [-0.1, -0.05) is 59.9 Å². The predicted molar refractivity (Wildman–Crippen MR) is 104 cm³/mol. The summed E-state index contributed by atoms with van der Waals surface area (Å²) in [5.74, 6) is 0. The molecule has 1 N–H and O–H groups in total. The summed E-state index contributed by atoms with van der Waals surface area (Å²) < 4.78 is 1.85. The van der Waals surface area contributed by atoms with Crippen LogP contribution >= 0.6 is 11.3 Å². The molecule has 126 valence electrons. The van der Waals surface area contributed by atoms with Crippen molar-refractivity contribution in [3.63, 3.8) is 0 Å². The summed E-state index contributed by atoms with van der Waals surface area (Å²) in [4.78, 5) is 7.74. The summed E-state index contributed by atoms with van der Waals surface area (Å²) in [6.07, 6.45) is 1.99. The number of rotatable bonds is 5. The molecule has 0 bridgehead atoms. The van der Waals surface area contributed by atoms with E-state index in [4.69, 9.17) is 4.98 Å². The van der Waals surface area contributed by atoms with Gasteiger partial charge in [-0.3, -0.25) is 0 Å². The van der Waals surface area contributed by atoms with Crippen LogP contribution < -0.4 is 10.2 Å². The Hall–Kier alpha value is -2.86. The first kappa shape index (κ1) is 15.7. The fourth-order valence-electron chi connectivity index (χ4n) is 2.76. The molecule has 4 aromatic rings. The number of anilines is 2. The van der Waals surface area contributed by atoms with Crippen LogP contribution in [-0.2, 0) is 6.54 Å². The number of para-hydroxylation sites is 1. The van der Waals surface area contributed by atoms with Gasteiger partial charge < -0.3 is 10.2 Å². The SMILES string of the molecule is CN(C)c1ccccc1-c1cn2nc(NCc3ccccc3)sc2n1. The quantitative estimate of drug-likeness (QED) is 0.588. The average Bonchev–Trinajstić information content (AvgIpc) is 3.19. The molecule has 0 fully saturated rings. The number of aromatic nitrogens is 3. The standard InChI is InChI=1S/C19H19N5S/c1-23(2)17-11-7-6-10-15(17)16-13-24-19(21-16)25-18(22-24)20-12-14-8-4-3-5-9-14/h3-11,13H,12H2,1-2H3,(H,20,22). The Morgan fingerprint density at radius 2 is 1.80 bits per heavy atom. The molecular weight excluding hydrogens is 330 g/mol. The van der Waals surface area contributed by atoms with Crippen LogP contribution in [-0.4, -0.2) is 28.7 Å². The maximum absolute atomic E-state index is 4.75. The number of hydrogen-bond acceptors (Lipinski definition) is 5. The summed E-state index contributed by atoms with van der Waals surface area (Å²) in [7, 11) is 4.09. The van der Waals surface area contributed by atoms with Gasteiger partial charge >= 0.3 is 0 Å². The Morgan fingerprint density at radius 3 is 2.56 bits per heavy atom. The van der Waals surface area contributed by atoms with Crippen LogP contribution in [0.25, 0.3) is 16.2 Å². The minimum absolute atomic E-state index is 0.758. The minimum atomic E-state index is 0.758. The lowest BCUT2D eigenvalue weighted by Gasteiger charge is -2.15. The second-order valence-electron chi connectivity index (χ2n) is 6.01. The molecule has 4 rings (SSSR count). The van der Waals surface area contributed by atoms with E-state index in [1.54, 1.807) is 11.3 Å². The monoisotopic (exact) mass is 349 g/mol. The molecule has 25 heavy (non-hydrogen) atoms. The molecule has 0 amide bonds. The van der Waals surface area contributed by atoms with E-state index in [0.29, 0.717) is 0 Å². The summed E-state index contributed by atoms with van der Waals surface area (Å²) >= 11 is 1.56. The van der Waals surface area contributed by atoms with Crippen LogP contribution in [0.4, 0.5) is 10.8 Å². The third-order valence-corrected chi connectivity index (χ3v) is 4.87. The Kier molecular flexibility index (Phi) is 4.11. The molecule has 2 heterocycles. The lowest BCUT2D eigenvalue weighted by molar-refractivity contribution is 0.962. The van der Waals surface area contributed by atoms with Crippen molar-refractivity contribution in [1.82, 2.24) is 14.6 Å². The summed E-state index contributed by atoms with van der Waals surface area (Å²) in [5, 5.41) is 8.83. The largest absolute Gasteiger partial charge is 0.377 e. The van der Waals surface area contributed by atoms with Crippen molar-refractivity contribution >= 4 is 27.1 Å². The maximum Gasteiger partial charge on any atom is 0.214 e. The van der Waals surface area contributed by atoms with Crippen LogP contribution in [0.1, 0.15) is 5.56 Å². The Balaban J connectivity index is 1.58. The highest BCUT2D eigenvalue weighted by molar-refractivity contribution is 7.20. The first-order chi connectivity index (χ1) is 12.2. The fraction of sp³-hybridized carbons (Fsp3) is 0.158. The van der Waals surface area contributed by atoms with Crippen molar-refractivity contribution in [2.75, 3.05) is 24.3 Å². The summed E-state index contributed by atoms with van der Waals surface area (Å²) in [6, 6.07) is 18.6. The van der Waals surface area contributed by atoms with Gasteiger partial charge in [0.25, 0.3) is 0 Å². The third-order valence-electron chi connectivity index (χ3n) is 3.99. The molecular formula is C19H19N5S. The molecule has 6 heteroatoms. The molecule has 0 unspecified atom stereocenters. The van der Waals surface area contributed by atoms with Gasteiger partial charge in [-0.25, -0.2) is 9.50 Å². The van der Waals surface area contributed by atoms with Crippen molar-refractivity contribution < 1.29 is 0 Å². The third kappa shape index (κ3) is 3.21. The number of imidazole rings is 1. The minimum Gasteiger partial charge on any atom is -0.377 e. The molecule has 0 aliphatic heterocycles. The van der Waals surface area contributed by atoms with Gasteiger partial charge in [0.05, 0.1) is 11.9 Å². The van der Waals surface area contributed by atoms with E-state index >= 15 is 0 Å². The molecule has 0 aliphatic carbocycles. The molecule has 5 nitrogen and oxygen atoms in total. The van der Waals surface area contributed by atoms with E-state index in [1.807, 2.05) is 55.1 Å². The van der Waals surface area contributed by atoms with Gasteiger partial charge in [-0.15, -0.1) is 5.10 Å². The molecule has 2 aromatic heterocycles. The lowest BCUT2D eigenvalue weighted by atomic mass is 10.1. The van der Waals surface area contributed by atoms with Crippen LogP contribution in [0.3, 0.4) is 0 Å². The number of benzene rings is 2. The normalized spacial score (nSPS) is 11.0. The van der Waals surface area contributed by atoms with E-state index in [-0.39, 0.29) is 0 Å². The van der Waals surface area contributed by atoms with Gasteiger partial charge in [0, 0.05) is 31.9 Å².